The molecule has 0 radical (unpaired) electrons. The molecular formula is C15H28N2O4. The van der Waals surface area contributed by atoms with Gasteiger partial charge >= 0.3 is 0 Å². The minimum atomic E-state index is -1.88. The van der Waals surface area contributed by atoms with Gasteiger partial charge in [0, 0.05) is 13.0 Å². The van der Waals surface area contributed by atoms with Crippen LogP contribution in [-0.2, 0) is 14.3 Å². The van der Waals surface area contributed by atoms with Crippen LogP contribution in [0.25, 0.3) is 0 Å². The second-order valence-corrected chi connectivity index (χ2v) is 6.65. The van der Waals surface area contributed by atoms with E-state index in [2.05, 4.69) is 24.5 Å². The van der Waals surface area contributed by atoms with Crippen LogP contribution < -0.4 is 10.6 Å². The molecule has 2 amide bonds. The molecule has 0 saturated carbocycles. The summed E-state index contributed by atoms with van der Waals surface area (Å²) in [5.41, 5.74) is -1.88. The quantitative estimate of drug-likeness (QED) is 0.456. The average molecular weight is 300 g/mol. The van der Waals surface area contributed by atoms with Gasteiger partial charge in [0.2, 0.25) is 5.72 Å². The fourth-order valence-corrected chi connectivity index (χ4v) is 2.15. The summed E-state index contributed by atoms with van der Waals surface area (Å²) in [6.07, 6.45) is 0.262. The highest BCUT2D eigenvalue weighted by molar-refractivity contribution is 5.92. The Labute approximate surface area is 126 Å². The van der Waals surface area contributed by atoms with Crippen LogP contribution in [0.3, 0.4) is 0 Å². The monoisotopic (exact) mass is 300 g/mol. The highest BCUT2D eigenvalue weighted by Crippen LogP contribution is 2.23. The van der Waals surface area contributed by atoms with E-state index in [-0.39, 0.29) is 18.4 Å². The van der Waals surface area contributed by atoms with E-state index >= 15 is 0 Å². The highest BCUT2D eigenvalue weighted by Gasteiger charge is 2.46. The standard InChI is InChI=1S/C15H28N2O4/c1-9(2)6-7-16-14(19)15(20,8-10(3)4)17-13(18)12-11(5)21-12/h9-12,20H,6-8H2,1-5H3,(H,16,19)(H,17,18)/t11-,12+,15?/m1/s1. The van der Waals surface area contributed by atoms with Crippen LogP contribution in [0, 0.1) is 11.8 Å². The van der Waals surface area contributed by atoms with E-state index in [1.165, 1.54) is 0 Å². The Kier molecular flexibility index (Phi) is 6.16. The molecule has 1 aliphatic rings. The van der Waals surface area contributed by atoms with Crippen molar-refractivity contribution < 1.29 is 19.4 Å². The van der Waals surface area contributed by atoms with Crippen molar-refractivity contribution in [2.75, 3.05) is 6.54 Å². The van der Waals surface area contributed by atoms with Gasteiger partial charge in [-0.25, -0.2) is 0 Å². The van der Waals surface area contributed by atoms with Gasteiger partial charge in [-0.05, 0) is 25.2 Å². The van der Waals surface area contributed by atoms with Crippen molar-refractivity contribution in [2.24, 2.45) is 11.8 Å². The van der Waals surface area contributed by atoms with Gasteiger partial charge in [0.1, 0.15) is 0 Å². The minimum absolute atomic E-state index is 0.0590. The number of carbonyl (C=O) groups is 2. The zero-order chi connectivity index (χ0) is 16.2. The molecule has 1 aliphatic heterocycles. The Morgan fingerprint density at radius 3 is 2.24 bits per heavy atom. The Morgan fingerprint density at radius 2 is 1.81 bits per heavy atom. The second kappa shape index (κ2) is 7.22. The molecule has 3 atom stereocenters. The highest BCUT2D eigenvalue weighted by atomic mass is 16.6. The van der Waals surface area contributed by atoms with Gasteiger partial charge in [-0.15, -0.1) is 0 Å². The van der Waals surface area contributed by atoms with Gasteiger partial charge in [-0.3, -0.25) is 9.59 Å². The maximum absolute atomic E-state index is 12.2. The van der Waals surface area contributed by atoms with Crippen molar-refractivity contribution in [1.82, 2.24) is 10.6 Å². The lowest BCUT2D eigenvalue weighted by atomic mass is 9.98. The number of hydrogen-bond donors (Lipinski definition) is 3. The molecule has 1 unspecified atom stereocenters. The molecule has 1 heterocycles. The van der Waals surface area contributed by atoms with Gasteiger partial charge in [0.15, 0.2) is 6.10 Å². The Hall–Kier alpha value is -1.14. The average Bonchev–Trinajstić information content (AvgIpc) is 3.04. The van der Waals surface area contributed by atoms with E-state index in [9.17, 15) is 14.7 Å². The summed E-state index contributed by atoms with van der Waals surface area (Å²) in [5, 5.41) is 15.7. The maximum Gasteiger partial charge on any atom is 0.273 e. The van der Waals surface area contributed by atoms with E-state index in [4.69, 9.17) is 4.74 Å². The first-order chi connectivity index (χ1) is 9.65. The first kappa shape index (κ1) is 17.9. The summed E-state index contributed by atoms with van der Waals surface area (Å²) in [6, 6.07) is 0. The Morgan fingerprint density at radius 1 is 1.24 bits per heavy atom. The molecule has 1 saturated heterocycles. The first-order valence-corrected chi connectivity index (χ1v) is 7.64. The van der Waals surface area contributed by atoms with Crippen LogP contribution in [0.4, 0.5) is 0 Å². The molecule has 0 aromatic heterocycles. The molecule has 1 fully saturated rings. The van der Waals surface area contributed by atoms with Crippen LogP contribution in [-0.4, -0.2) is 41.4 Å². The predicted octanol–water partition coefficient (Wildman–Crippen LogP) is 0.787. The van der Waals surface area contributed by atoms with Gasteiger partial charge < -0.3 is 20.5 Å². The fraction of sp³-hybridized carbons (Fsp3) is 0.867. The minimum Gasteiger partial charge on any atom is -0.363 e. The van der Waals surface area contributed by atoms with Crippen LogP contribution in [0.2, 0.25) is 0 Å². The topological polar surface area (TPSA) is 91.0 Å². The molecule has 21 heavy (non-hydrogen) atoms. The first-order valence-electron chi connectivity index (χ1n) is 7.64. The summed E-state index contributed by atoms with van der Waals surface area (Å²) >= 11 is 0. The third-order valence-corrected chi connectivity index (χ3v) is 3.39. The number of nitrogens with one attached hydrogen (secondary N) is 2. The summed E-state index contributed by atoms with van der Waals surface area (Å²) < 4.78 is 5.07. The smallest absolute Gasteiger partial charge is 0.273 e. The number of rotatable bonds is 8. The lowest BCUT2D eigenvalue weighted by Crippen LogP contribution is -2.60. The van der Waals surface area contributed by atoms with Crippen molar-refractivity contribution in [3.63, 3.8) is 0 Å². The van der Waals surface area contributed by atoms with E-state index < -0.39 is 23.6 Å². The van der Waals surface area contributed by atoms with E-state index in [1.54, 1.807) is 6.92 Å². The number of hydrogen-bond acceptors (Lipinski definition) is 4. The van der Waals surface area contributed by atoms with Crippen molar-refractivity contribution in [3.05, 3.63) is 0 Å². The third kappa shape index (κ3) is 5.63. The van der Waals surface area contributed by atoms with Crippen molar-refractivity contribution in [2.45, 2.75) is 65.4 Å². The lowest BCUT2D eigenvalue weighted by molar-refractivity contribution is -0.151. The van der Waals surface area contributed by atoms with Crippen LogP contribution in [0.1, 0.15) is 47.5 Å². The molecule has 122 valence electrons. The zero-order valence-corrected chi connectivity index (χ0v) is 13.6. The largest absolute Gasteiger partial charge is 0.363 e. The molecule has 0 aromatic rings. The van der Waals surface area contributed by atoms with Crippen molar-refractivity contribution in [3.8, 4) is 0 Å². The van der Waals surface area contributed by atoms with Crippen LogP contribution in [0.5, 0.6) is 0 Å². The molecular weight excluding hydrogens is 272 g/mol. The molecule has 6 heteroatoms. The second-order valence-electron chi connectivity index (χ2n) is 6.65. The lowest BCUT2D eigenvalue weighted by Gasteiger charge is -2.29. The van der Waals surface area contributed by atoms with Crippen molar-refractivity contribution >= 4 is 11.8 Å². The third-order valence-electron chi connectivity index (χ3n) is 3.39. The number of ether oxygens (including phenoxy) is 1. The van der Waals surface area contributed by atoms with Crippen LogP contribution >= 0.6 is 0 Å². The molecule has 3 N–H and O–H groups in total. The van der Waals surface area contributed by atoms with Gasteiger partial charge in [-0.2, -0.15) is 0 Å². The van der Waals surface area contributed by atoms with Gasteiger partial charge in [-0.1, -0.05) is 27.7 Å². The number of aliphatic hydroxyl groups is 1. The summed E-state index contributed by atoms with van der Waals surface area (Å²) in [4.78, 5) is 24.1. The van der Waals surface area contributed by atoms with Gasteiger partial charge in [0.25, 0.3) is 11.8 Å². The van der Waals surface area contributed by atoms with E-state index in [0.29, 0.717) is 12.5 Å². The predicted molar refractivity (Wildman–Crippen MR) is 79.3 cm³/mol. The zero-order valence-electron chi connectivity index (χ0n) is 13.6. The molecule has 0 aliphatic carbocycles. The number of carbonyl (C=O) groups excluding carboxylic acids is 2. The summed E-state index contributed by atoms with van der Waals surface area (Å²) in [6.45, 7) is 10.1. The maximum atomic E-state index is 12.2. The molecule has 1 rings (SSSR count). The molecule has 0 spiro atoms. The normalized spacial score (nSPS) is 23.8. The molecule has 6 nitrogen and oxygen atoms in total. The Bertz CT molecular complexity index is 384. The summed E-state index contributed by atoms with van der Waals surface area (Å²) in [5.74, 6) is -0.481. The SMILES string of the molecule is CC(C)CCNC(=O)C(O)(CC(C)C)NC(=O)[C@H]1O[C@@H]1C. The Balaban J connectivity index is 2.63. The number of epoxide rings is 1. The molecule has 0 aromatic carbocycles. The fourth-order valence-electron chi connectivity index (χ4n) is 2.15. The van der Waals surface area contributed by atoms with Crippen molar-refractivity contribution in [1.29, 1.82) is 0 Å². The van der Waals surface area contributed by atoms with Gasteiger partial charge in [0.05, 0.1) is 6.10 Å². The van der Waals surface area contributed by atoms with E-state index in [0.717, 1.165) is 6.42 Å². The van der Waals surface area contributed by atoms with Crippen LogP contribution in [0.15, 0.2) is 0 Å². The van der Waals surface area contributed by atoms with E-state index in [1.807, 2.05) is 13.8 Å². The molecule has 0 bridgehead atoms. The summed E-state index contributed by atoms with van der Waals surface area (Å²) in [7, 11) is 0. The number of amides is 2.